The van der Waals surface area contributed by atoms with Crippen molar-refractivity contribution in [3.05, 3.63) is 29.8 Å². The van der Waals surface area contributed by atoms with Crippen LogP contribution >= 0.6 is 0 Å². The Morgan fingerprint density at radius 2 is 1.77 bits per heavy atom. The van der Waals surface area contributed by atoms with Crippen LogP contribution in [0.2, 0.25) is 0 Å². The van der Waals surface area contributed by atoms with Gasteiger partial charge in [0, 0.05) is 6.92 Å². The van der Waals surface area contributed by atoms with Gasteiger partial charge in [0.2, 0.25) is 11.8 Å². The van der Waals surface area contributed by atoms with Crippen molar-refractivity contribution in [2.45, 2.75) is 64.8 Å². The van der Waals surface area contributed by atoms with Crippen molar-refractivity contribution < 1.29 is 14.3 Å². The Morgan fingerprint density at radius 3 is 2.31 bits per heavy atom. The second-order valence-electron chi connectivity index (χ2n) is 8.14. The molecular formula is C21H32N2O3. The molecule has 0 aromatic heterocycles. The Labute approximate surface area is 156 Å². The van der Waals surface area contributed by atoms with Crippen molar-refractivity contribution in [1.29, 1.82) is 0 Å². The Balaban J connectivity index is 1.78. The molecule has 2 rings (SSSR count). The topological polar surface area (TPSA) is 67.4 Å². The monoisotopic (exact) mass is 360 g/mol. The molecule has 1 saturated carbocycles. The van der Waals surface area contributed by atoms with Crippen molar-refractivity contribution in [2.75, 3.05) is 13.2 Å². The smallest absolute Gasteiger partial charge is 0.242 e. The number of hydrogen-bond acceptors (Lipinski definition) is 3. The molecule has 1 aliphatic rings. The molecule has 1 atom stereocenters. The van der Waals surface area contributed by atoms with Gasteiger partial charge in [-0.15, -0.1) is 0 Å². The molecule has 2 amide bonds. The number of amides is 2. The van der Waals surface area contributed by atoms with Gasteiger partial charge in [-0.1, -0.05) is 45.7 Å². The highest BCUT2D eigenvalue weighted by atomic mass is 16.5. The first kappa shape index (κ1) is 20.3. The second-order valence-corrected chi connectivity index (χ2v) is 8.14. The fourth-order valence-corrected chi connectivity index (χ4v) is 3.41. The van der Waals surface area contributed by atoms with Crippen LogP contribution in [0.4, 0.5) is 0 Å². The molecule has 2 N–H and O–H groups in total. The zero-order chi connectivity index (χ0) is 19.2. The van der Waals surface area contributed by atoms with Crippen LogP contribution in [0.5, 0.6) is 5.75 Å². The summed E-state index contributed by atoms with van der Waals surface area (Å²) in [5.74, 6) is 0.761. The van der Waals surface area contributed by atoms with E-state index in [-0.39, 0.29) is 23.1 Å². The number of nitrogens with one attached hydrogen (secondary N) is 2. The predicted octanol–water partition coefficient (Wildman–Crippen LogP) is 3.17. The minimum atomic E-state index is -0.430. The lowest BCUT2D eigenvalue weighted by Gasteiger charge is -2.23. The normalized spacial score (nSPS) is 16.2. The van der Waals surface area contributed by atoms with E-state index >= 15 is 0 Å². The summed E-state index contributed by atoms with van der Waals surface area (Å²) in [5.41, 5.74) is 1.37. The molecule has 1 aromatic carbocycles. The quantitative estimate of drug-likeness (QED) is 0.734. The van der Waals surface area contributed by atoms with E-state index in [0.29, 0.717) is 13.2 Å². The van der Waals surface area contributed by atoms with Crippen LogP contribution in [0.1, 0.15) is 58.9 Å². The summed E-state index contributed by atoms with van der Waals surface area (Å²) in [5, 5.41) is 5.70. The molecule has 0 bridgehead atoms. The highest BCUT2D eigenvalue weighted by molar-refractivity contribution is 5.87. The minimum absolute atomic E-state index is 0.112. The SMILES string of the molecule is CC(=O)NC(C(=O)NCCOc1ccc(C(C)(C)C)cc1)C1CCCC1. The predicted molar refractivity (Wildman–Crippen MR) is 103 cm³/mol. The highest BCUT2D eigenvalue weighted by Crippen LogP contribution is 2.28. The molecule has 1 unspecified atom stereocenters. The summed E-state index contributed by atoms with van der Waals surface area (Å²) >= 11 is 0. The summed E-state index contributed by atoms with van der Waals surface area (Å²) in [4.78, 5) is 23.9. The molecule has 0 spiro atoms. The minimum Gasteiger partial charge on any atom is -0.492 e. The Bertz CT molecular complexity index is 599. The van der Waals surface area contributed by atoms with E-state index in [4.69, 9.17) is 4.74 Å². The molecule has 1 fully saturated rings. The van der Waals surface area contributed by atoms with Crippen LogP contribution in [0, 0.1) is 5.92 Å². The average Bonchev–Trinajstić information content (AvgIpc) is 3.10. The molecule has 0 heterocycles. The van der Waals surface area contributed by atoms with Gasteiger partial charge in [-0.3, -0.25) is 9.59 Å². The van der Waals surface area contributed by atoms with Gasteiger partial charge < -0.3 is 15.4 Å². The average molecular weight is 360 g/mol. The van der Waals surface area contributed by atoms with Gasteiger partial charge >= 0.3 is 0 Å². The van der Waals surface area contributed by atoms with Crippen LogP contribution in [0.15, 0.2) is 24.3 Å². The van der Waals surface area contributed by atoms with Crippen molar-refractivity contribution >= 4 is 11.8 Å². The number of carbonyl (C=O) groups excluding carboxylic acids is 2. The number of benzene rings is 1. The van der Waals surface area contributed by atoms with Crippen LogP contribution in [-0.2, 0) is 15.0 Å². The van der Waals surface area contributed by atoms with Gasteiger partial charge in [-0.2, -0.15) is 0 Å². The summed E-state index contributed by atoms with van der Waals surface area (Å²) in [7, 11) is 0. The molecule has 5 nitrogen and oxygen atoms in total. The molecule has 0 saturated heterocycles. The van der Waals surface area contributed by atoms with Gasteiger partial charge in [0.1, 0.15) is 18.4 Å². The van der Waals surface area contributed by atoms with Crippen LogP contribution in [0.25, 0.3) is 0 Å². The molecule has 1 aromatic rings. The molecule has 0 aliphatic heterocycles. The first-order valence-corrected chi connectivity index (χ1v) is 9.55. The van der Waals surface area contributed by atoms with Gasteiger partial charge in [-0.05, 0) is 41.9 Å². The first-order valence-electron chi connectivity index (χ1n) is 9.55. The van der Waals surface area contributed by atoms with E-state index in [1.807, 2.05) is 12.1 Å². The highest BCUT2D eigenvalue weighted by Gasteiger charge is 2.31. The summed E-state index contributed by atoms with van der Waals surface area (Å²) in [6, 6.07) is 7.63. The number of ether oxygens (including phenoxy) is 1. The van der Waals surface area contributed by atoms with Gasteiger partial charge in [-0.25, -0.2) is 0 Å². The van der Waals surface area contributed by atoms with E-state index < -0.39 is 6.04 Å². The van der Waals surface area contributed by atoms with E-state index in [9.17, 15) is 9.59 Å². The maximum absolute atomic E-state index is 12.5. The zero-order valence-electron chi connectivity index (χ0n) is 16.4. The summed E-state index contributed by atoms with van der Waals surface area (Å²) < 4.78 is 5.71. The summed E-state index contributed by atoms with van der Waals surface area (Å²) in [6.07, 6.45) is 4.24. The standard InChI is InChI=1S/C21H32N2O3/c1-15(24)23-19(16-7-5-6-8-16)20(25)22-13-14-26-18-11-9-17(10-12-18)21(2,3)4/h9-12,16,19H,5-8,13-14H2,1-4H3,(H,22,25)(H,23,24). The third-order valence-corrected chi connectivity index (χ3v) is 4.90. The Morgan fingerprint density at radius 1 is 1.15 bits per heavy atom. The zero-order valence-corrected chi connectivity index (χ0v) is 16.4. The van der Waals surface area contributed by atoms with Gasteiger partial charge in [0.15, 0.2) is 0 Å². The third kappa shape index (κ3) is 6.04. The van der Waals surface area contributed by atoms with Crippen LogP contribution < -0.4 is 15.4 Å². The maximum atomic E-state index is 12.5. The van der Waals surface area contributed by atoms with E-state index in [0.717, 1.165) is 31.4 Å². The van der Waals surface area contributed by atoms with Crippen LogP contribution in [0.3, 0.4) is 0 Å². The first-order chi connectivity index (χ1) is 12.3. The van der Waals surface area contributed by atoms with E-state index in [1.54, 1.807) is 0 Å². The lowest BCUT2D eigenvalue weighted by atomic mass is 9.87. The second kappa shape index (κ2) is 9.06. The molecule has 0 radical (unpaired) electrons. The molecule has 144 valence electrons. The largest absolute Gasteiger partial charge is 0.492 e. The van der Waals surface area contributed by atoms with Gasteiger partial charge in [0.25, 0.3) is 0 Å². The van der Waals surface area contributed by atoms with E-state index in [2.05, 4.69) is 43.5 Å². The van der Waals surface area contributed by atoms with Crippen LogP contribution in [-0.4, -0.2) is 31.0 Å². The van der Waals surface area contributed by atoms with E-state index in [1.165, 1.54) is 12.5 Å². The Kier molecular flexibility index (Phi) is 7.06. The Hall–Kier alpha value is -2.04. The summed E-state index contributed by atoms with van der Waals surface area (Å²) in [6.45, 7) is 8.80. The fourth-order valence-electron chi connectivity index (χ4n) is 3.41. The molecule has 26 heavy (non-hydrogen) atoms. The lowest BCUT2D eigenvalue weighted by molar-refractivity contribution is -0.129. The van der Waals surface area contributed by atoms with Crippen molar-refractivity contribution in [2.24, 2.45) is 5.92 Å². The maximum Gasteiger partial charge on any atom is 0.242 e. The number of rotatable bonds is 7. The van der Waals surface area contributed by atoms with Crippen molar-refractivity contribution in [1.82, 2.24) is 10.6 Å². The fraction of sp³-hybridized carbons (Fsp3) is 0.619. The van der Waals surface area contributed by atoms with Gasteiger partial charge in [0.05, 0.1) is 6.54 Å². The molecular weight excluding hydrogens is 328 g/mol. The van der Waals surface area contributed by atoms with Crippen molar-refractivity contribution in [3.63, 3.8) is 0 Å². The lowest BCUT2D eigenvalue weighted by Crippen LogP contribution is -2.50. The number of hydrogen-bond donors (Lipinski definition) is 2. The molecule has 1 aliphatic carbocycles. The molecule has 5 heteroatoms. The van der Waals surface area contributed by atoms with Crippen molar-refractivity contribution in [3.8, 4) is 5.75 Å². The number of carbonyl (C=O) groups is 2. The third-order valence-electron chi connectivity index (χ3n) is 4.90.